The third-order valence-corrected chi connectivity index (χ3v) is 12.5. The molecule has 1 aromatic heterocycles. The molecule has 2 nitrogen and oxygen atoms in total. The summed E-state index contributed by atoms with van der Waals surface area (Å²) in [4.78, 5) is 2.59. The van der Waals surface area contributed by atoms with Crippen molar-refractivity contribution in [2.45, 2.75) is 38.5 Å². The zero-order valence-corrected chi connectivity index (χ0v) is 31.1. The molecule has 9 aromatic rings. The summed E-state index contributed by atoms with van der Waals surface area (Å²) in [6.45, 7) is 9.55. The van der Waals surface area contributed by atoms with Gasteiger partial charge in [0.15, 0.2) is 0 Å². The van der Waals surface area contributed by atoms with Gasteiger partial charge in [0.2, 0.25) is 0 Å². The Morgan fingerprint density at radius 3 is 1.70 bits per heavy atom. The van der Waals surface area contributed by atoms with Crippen LogP contribution >= 0.6 is 0 Å². The number of aromatic nitrogens is 1. The SMILES string of the molecule is CC1(C)c2ccccc2-c2c(N(c3cc(-n4c5ccccc5c5ccccc54)c4ccccc4c3)c3cccc4c3C(C)(C)c3ccccc3-4)cccc21. The summed E-state index contributed by atoms with van der Waals surface area (Å²) in [5, 5.41) is 4.96. The zero-order valence-electron chi connectivity index (χ0n) is 31.1. The lowest BCUT2D eigenvalue weighted by Gasteiger charge is -2.34. The van der Waals surface area contributed by atoms with Gasteiger partial charge in [-0.05, 0) is 80.7 Å². The molecule has 0 amide bonds. The van der Waals surface area contributed by atoms with Crippen molar-refractivity contribution in [1.82, 2.24) is 4.57 Å². The number of nitrogens with zero attached hydrogens (tertiary/aromatic N) is 2. The molecule has 8 aromatic carbocycles. The Balaban J connectivity index is 1.28. The van der Waals surface area contributed by atoms with Crippen LogP contribution in [0.1, 0.15) is 49.9 Å². The van der Waals surface area contributed by atoms with E-state index in [1.165, 1.54) is 94.1 Å². The molecule has 0 atom stereocenters. The van der Waals surface area contributed by atoms with E-state index in [1.54, 1.807) is 0 Å². The van der Waals surface area contributed by atoms with Crippen LogP contribution in [0.25, 0.3) is 60.5 Å². The highest BCUT2D eigenvalue weighted by atomic mass is 15.2. The Morgan fingerprint density at radius 1 is 0.426 bits per heavy atom. The molecule has 258 valence electrons. The second kappa shape index (κ2) is 11.1. The summed E-state index contributed by atoms with van der Waals surface area (Å²) in [5.74, 6) is 0. The molecule has 0 fully saturated rings. The van der Waals surface area contributed by atoms with Crippen molar-refractivity contribution in [3.63, 3.8) is 0 Å². The van der Waals surface area contributed by atoms with Gasteiger partial charge in [-0.2, -0.15) is 0 Å². The third-order valence-electron chi connectivity index (χ3n) is 12.5. The monoisotopic (exact) mass is 692 g/mol. The average Bonchev–Trinajstić information content (AvgIpc) is 3.75. The van der Waals surface area contributed by atoms with E-state index in [4.69, 9.17) is 0 Å². The Labute approximate surface area is 316 Å². The van der Waals surface area contributed by atoms with Crippen LogP contribution in [-0.4, -0.2) is 4.57 Å². The molecule has 1 heterocycles. The fourth-order valence-corrected chi connectivity index (χ4v) is 10.1. The average molecular weight is 693 g/mol. The zero-order chi connectivity index (χ0) is 36.3. The first-order valence-electron chi connectivity index (χ1n) is 19.1. The van der Waals surface area contributed by atoms with Gasteiger partial charge in [-0.3, -0.25) is 0 Å². The van der Waals surface area contributed by atoms with Crippen molar-refractivity contribution < 1.29 is 0 Å². The highest BCUT2D eigenvalue weighted by Crippen LogP contribution is 2.58. The van der Waals surface area contributed by atoms with Gasteiger partial charge in [-0.25, -0.2) is 0 Å². The maximum atomic E-state index is 2.59. The van der Waals surface area contributed by atoms with Crippen molar-refractivity contribution in [3.8, 4) is 27.9 Å². The van der Waals surface area contributed by atoms with Gasteiger partial charge in [0.05, 0.1) is 28.1 Å². The van der Waals surface area contributed by atoms with E-state index >= 15 is 0 Å². The normalized spacial score (nSPS) is 14.6. The second-order valence-corrected chi connectivity index (χ2v) is 16.1. The Morgan fingerprint density at radius 2 is 0.963 bits per heavy atom. The van der Waals surface area contributed by atoms with E-state index in [2.05, 4.69) is 207 Å². The van der Waals surface area contributed by atoms with E-state index < -0.39 is 0 Å². The molecule has 2 aliphatic carbocycles. The van der Waals surface area contributed by atoms with Crippen LogP contribution in [0.15, 0.2) is 170 Å². The van der Waals surface area contributed by atoms with Crippen LogP contribution in [0, 0.1) is 0 Å². The van der Waals surface area contributed by atoms with Gasteiger partial charge >= 0.3 is 0 Å². The standard InChI is InChI=1S/C52H40N2/c1-51(2)42-25-12-8-22-40(42)49-43(51)26-16-29-46(49)53(47-30-15-23-39-36-19-7-11-24-41(36)52(3,4)50(39)47)34-31-33-17-5-6-18-35(33)48(32-34)54-44-27-13-9-20-37(44)38-21-10-14-28-45(38)54/h5-32H,1-4H3. The Kier molecular flexibility index (Phi) is 6.39. The summed E-state index contributed by atoms with van der Waals surface area (Å²) >= 11 is 0. The van der Waals surface area contributed by atoms with Crippen LogP contribution < -0.4 is 4.90 Å². The van der Waals surface area contributed by atoms with Gasteiger partial charge in [0, 0.05) is 38.2 Å². The first-order valence-corrected chi connectivity index (χ1v) is 19.1. The lowest BCUT2D eigenvalue weighted by molar-refractivity contribution is 0.659. The lowest BCUT2D eigenvalue weighted by Crippen LogP contribution is -2.21. The van der Waals surface area contributed by atoms with E-state index in [9.17, 15) is 0 Å². The van der Waals surface area contributed by atoms with E-state index in [1.807, 2.05) is 0 Å². The number of para-hydroxylation sites is 2. The predicted molar refractivity (Wildman–Crippen MR) is 228 cm³/mol. The molecule has 0 N–H and O–H groups in total. The number of benzene rings is 8. The van der Waals surface area contributed by atoms with Gasteiger partial charge in [-0.15, -0.1) is 0 Å². The highest BCUT2D eigenvalue weighted by molar-refractivity contribution is 6.11. The number of hydrogen-bond acceptors (Lipinski definition) is 1. The molecule has 2 heteroatoms. The molecule has 54 heavy (non-hydrogen) atoms. The fraction of sp³-hybridized carbons (Fsp3) is 0.115. The van der Waals surface area contributed by atoms with Crippen LogP contribution in [0.3, 0.4) is 0 Å². The molecular formula is C52H40N2. The minimum atomic E-state index is -0.206. The van der Waals surface area contributed by atoms with Gasteiger partial charge in [0.25, 0.3) is 0 Å². The molecule has 0 unspecified atom stereocenters. The van der Waals surface area contributed by atoms with Gasteiger partial charge < -0.3 is 9.47 Å². The molecule has 0 aliphatic heterocycles. The molecule has 0 radical (unpaired) electrons. The quantitative estimate of drug-likeness (QED) is 0.178. The molecule has 11 rings (SSSR count). The number of anilines is 3. The first-order chi connectivity index (χ1) is 26.3. The summed E-state index contributed by atoms with van der Waals surface area (Å²) in [7, 11) is 0. The number of fused-ring (bicyclic) bond motifs is 10. The van der Waals surface area contributed by atoms with E-state index in [-0.39, 0.29) is 10.8 Å². The predicted octanol–water partition coefficient (Wildman–Crippen LogP) is 14.0. The van der Waals surface area contributed by atoms with Crippen molar-refractivity contribution in [3.05, 3.63) is 192 Å². The Hall–Kier alpha value is -6.38. The molecule has 0 saturated carbocycles. The maximum absolute atomic E-state index is 2.59. The van der Waals surface area contributed by atoms with Crippen LogP contribution in [0.5, 0.6) is 0 Å². The largest absolute Gasteiger partial charge is 0.309 e. The highest BCUT2D eigenvalue weighted by Gasteiger charge is 2.41. The topological polar surface area (TPSA) is 8.17 Å². The smallest absolute Gasteiger partial charge is 0.0561 e. The van der Waals surface area contributed by atoms with Crippen molar-refractivity contribution in [2.24, 2.45) is 0 Å². The summed E-state index contributed by atoms with van der Waals surface area (Å²) in [6.07, 6.45) is 0. The Bertz CT molecular complexity index is 2960. The first kappa shape index (κ1) is 31.2. The van der Waals surface area contributed by atoms with Crippen LogP contribution in [0.2, 0.25) is 0 Å². The maximum Gasteiger partial charge on any atom is 0.0561 e. The second-order valence-electron chi connectivity index (χ2n) is 16.1. The van der Waals surface area contributed by atoms with Crippen molar-refractivity contribution in [1.29, 1.82) is 0 Å². The van der Waals surface area contributed by atoms with Crippen molar-refractivity contribution in [2.75, 3.05) is 4.90 Å². The minimum absolute atomic E-state index is 0.126. The van der Waals surface area contributed by atoms with Crippen LogP contribution in [0.4, 0.5) is 17.1 Å². The number of rotatable bonds is 4. The molecule has 2 aliphatic rings. The van der Waals surface area contributed by atoms with Crippen LogP contribution in [-0.2, 0) is 10.8 Å². The van der Waals surface area contributed by atoms with Gasteiger partial charge in [0.1, 0.15) is 0 Å². The van der Waals surface area contributed by atoms with Gasteiger partial charge in [-0.1, -0.05) is 161 Å². The number of hydrogen-bond donors (Lipinski definition) is 0. The summed E-state index contributed by atoms with van der Waals surface area (Å²) < 4.78 is 2.48. The molecule has 0 saturated heterocycles. The van der Waals surface area contributed by atoms with E-state index in [0.29, 0.717) is 0 Å². The summed E-state index contributed by atoms with van der Waals surface area (Å²) in [5.41, 5.74) is 17.6. The summed E-state index contributed by atoms with van der Waals surface area (Å²) in [6, 6.07) is 63.3. The minimum Gasteiger partial charge on any atom is -0.309 e. The fourth-order valence-electron chi connectivity index (χ4n) is 10.1. The molecular weight excluding hydrogens is 653 g/mol. The third kappa shape index (κ3) is 4.11. The molecule has 0 spiro atoms. The molecule has 0 bridgehead atoms. The lowest BCUT2D eigenvalue weighted by atomic mass is 9.81. The van der Waals surface area contributed by atoms with Crippen molar-refractivity contribution >= 4 is 49.6 Å². The van der Waals surface area contributed by atoms with E-state index in [0.717, 1.165) is 5.69 Å².